The molecule has 0 saturated carbocycles. The van der Waals surface area contributed by atoms with Crippen LogP contribution in [0.2, 0.25) is 0 Å². The van der Waals surface area contributed by atoms with Crippen molar-refractivity contribution in [1.82, 2.24) is 4.31 Å². The van der Waals surface area contributed by atoms with Crippen LogP contribution in [0.1, 0.15) is 5.56 Å². The van der Waals surface area contributed by atoms with Gasteiger partial charge in [-0.2, -0.15) is 4.31 Å². The Morgan fingerprint density at radius 2 is 1.76 bits per heavy atom. The van der Waals surface area contributed by atoms with Gasteiger partial charge in [-0.3, -0.25) is 0 Å². The molecule has 0 aliphatic rings. The lowest BCUT2D eigenvalue weighted by molar-refractivity contribution is 0.424. The van der Waals surface area contributed by atoms with Gasteiger partial charge < -0.3 is 0 Å². The molecule has 0 saturated heterocycles. The quantitative estimate of drug-likeness (QED) is 0.764. The summed E-state index contributed by atoms with van der Waals surface area (Å²) in [7, 11) is -3.78. The van der Waals surface area contributed by atoms with Gasteiger partial charge in [0.2, 0.25) is 10.0 Å². The van der Waals surface area contributed by atoms with Crippen molar-refractivity contribution in [2.45, 2.75) is 11.4 Å². The fourth-order valence-corrected chi connectivity index (χ4v) is 3.71. The first-order chi connectivity index (χ1) is 10.0. The number of alkyl halides is 1. The van der Waals surface area contributed by atoms with Crippen molar-refractivity contribution in [3.63, 3.8) is 0 Å². The third-order valence-corrected chi connectivity index (χ3v) is 4.98. The molecule has 2 rings (SSSR count). The van der Waals surface area contributed by atoms with Crippen LogP contribution < -0.4 is 0 Å². The average Bonchev–Trinajstić information content (AvgIpc) is 2.48. The second kappa shape index (κ2) is 7.02. The molecule has 0 aromatic heterocycles. The zero-order valence-electron chi connectivity index (χ0n) is 11.2. The number of rotatable bonds is 6. The van der Waals surface area contributed by atoms with Crippen molar-refractivity contribution in [1.29, 1.82) is 0 Å². The van der Waals surface area contributed by atoms with Crippen LogP contribution in [-0.2, 0) is 16.6 Å². The largest absolute Gasteiger partial charge is 0.243 e. The Morgan fingerprint density at radius 3 is 2.38 bits per heavy atom. The lowest BCUT2D eigenvalue weighted by Gasteiger charge is -2.21. The van der Waals surface area contributed by atoms with Crippen LogP contribution >= 0.6 is 11.6 Å². The van der Waals surface area contributed by atoms with E-state index in [0.717, 1.165) is 11.6 Å². The van der Waals surface area contributed by atoms with E-state index in [0.29, 0.717) is 0 Å². The Bertz CT molecular complexity index is 692. The fourth-order valence-electron chi connectivity index (χ4n) is 1.94. The molecule has 0 amide bonds. The van der Waals surface area contributed by atoms with Crippen LogP contribution in [0, 0.1) is 5.82 Å². The highest BCUT2D eigenvalue weighted by Gasteiger charge is 2.24. The first-order valence-electron chi connectivity index (χ1n) is 6.39. The highest BCUT2D eigenvalue weighted by atomic mass is 35.5. The third-order valence-electron chi connectivity index (χ3n) is 2.97. The van der Waals surface area contributed by atoms with E-state index in [-0.39, 0.29) is 23.9 Å². The van der Waals surface area contributed by atoms with Crippen LogP contribution in [0.5, 0.6) is 0 Å². The minimum atomic E-state index is -3.78. The number of sulfonamides is 1. The topological polar surface area (TPSA) is 37.4 Å². The minimum Gasteiger partial charge on any atom is -0.207 e. The number of nitrogens with zero attached hydrogens (tertiary/aromatic N) is 1. The molecule has 0 aliphatic carbocycles. The molecular formula is C15H15ClFNO2S. The van der Waals surface area contributed by atoms with E-state index in [1.165, 1.54) is 22.5 Å². The standard InChI is InChI=1S/C15H15ClFNO2S/c16-9-10-18(12-13-5-2-1-3-6-13)21(19,20)15-8-4-7-14(17)11-15/h1-8,11H,9-10,12H2. The summed E-state index contributed by atoms with van der Waals surface area (Å²) in [4.78, 5) is -0.0662. The molecule has 21 heavy (non-hydrogen) atoms. The first kappa shape index (κ1) is 15.9. The maximum absolute atomic E-state index is 13.3. The summed E-state index contributed by atoms with van der Waals surface area (Å²) in [5.74, 6) is -0.414. The highest BCUT2D eigenvalue weighted by molar-refractivity contribution is 7.89. The summed E-state index contributed by atoms with van der Waals surface area (Å²) < 4.78 is 39.7. The maximum atomic E-state index is 13.3. The predicted molar refractivity (Wildman–Crippen MR) is 81.2 cm³/mol. The van der Waals surface area contributed by atoms with Gasteiger partial charge in [0.05, 0.1) is 4.90 Å². The molecule has 0 bridgehead atoms. The van der Waals surface area contributed by atoms with Crippen LogP contribution in [0.4, 0.5) is 4.39 Å². The molecule has 0 spiro atoms. The summed E-state index contributed by atoms with van der Waals surface area (Å²) in [5, 5.41) is 0. The highest BCUT2D eigenvalue weighted by Crippen LogP contribution is 2.19. The van der Waals surface area contributed by atoms with Crippen molar-refractivity contribution in [2.24, 2.45) is 0 Å². The van der Waals surface area contributed by atoms with Gasteiger partial charge in [0.15, 0.2) is 0 Å². The molecule has 0 heterocycles. The van der Waals surface area contributed by atoms with E-state index < -0.39 is 15.8 Å². The Kier molecular flexibility index (Phi) is 5.33. The molecule has 112 valence electrons. The van der Waals surface area contributed by atoms with E-state index in [2.05, 4.69) is 0 Å². The Hall–Kier alpha value is -1.43. The molecule has 0 radical (unpaired) electrons. The summed E-state index contributed by atoms with van der Waals surface area (Å²) >= 11 is 5.71. The summed E-state index contributed by atoms with van der Waals surface area (Å²) in [6.45, 7) is 0.363. The molecule has 2 aromatic carbocycles. The lowest BCUT2D eigenvalue weighted by atomic mass is 10.2. The molecule has 3 nitrogen and oxygen atoms in total. The molecular weight excluding hydrogens is 313 g/mol. The second-order valence-corrected chi connectivity index (χ2v) is 6.79. The molecule has 0 fully saturated rings. The maximum Gasteiger partial charge on any atom is 0.243 e. The zero-order chi connectivity index (χ0) is 15.3. The molecule has 2 aromatic rings. The number of hydrogen-bond donors (Lipinski definition) is 0. The van der Waals surface area contributed by atoms with Crippen LogP contribution in [-0.4, -0.2) is 25.1 Å². The monoisotopic (exact) mass is 327 g/mol. The van der Waals surface area contributed by atoms with Gasteiger partial charge in [-0.05, 0) is 23.8 Å². The molecule has 0 aliphatic heterocycles. The minimum absolute atomic E-state index is 0.0662. The van der Waals surface area contributed by atoms with Crippen LogP contribution in [0.15, 0.2) is 59.5 Å². The first-order valence-corrected chi connectivity index (χ1v) is 8.37. The van der Waals surface area contributed by atoms with Gasteiger partial charge in [0, 0.05) is 19.0 Å². The van der Waals surface area contributed by atoms with Gasteiger partial charge in [-0.1, -0.05) is 36.4 Å². The van der Waals surface area contributed by atoms with E-state index >= 15 is 0 Å². The normalized spacial score (nSPS) is 11.8. The van der Waals surface area contributed by atoms with Crippen molar-refractivity contribution in [3.05, 3.63) is 66.0 Å². The van der Waals surface area contributed by atoms with E-state index in [4.69, 9.17) is 11.6 Å². The third kappa shape index (κ3) is 4.03. The SMILES string of the molecule is O=S(=O)(c1cccc(F)c1)N(CCCl)Cc1ccccc1. The Labute approximate surface area is 129 Å². The van der Waals surface area contributed by atoms with E-state index in [9.17, 15) is 12.8 Å². The number of hydrogen-bond acceptors (Lipinski definition) is 2. The lowest BCUT2D eigenvalue weighted by Crippen LogP contribution is -2.32. The summed E-state index contributed by atoms with van der Waals surface area (Å²) in [6.07, 6.45) is 0. The van der Waals surface area contributed by atoms with Crippen molar-refractivity contribution in [2.75, 3.05) is 12.4 Å². The Morgan fingerprint density at radius 1 is 1.05 bits per heavy atom. The molecule has 0 N–H and O–H groups in total. The van der Waals surface area contributed by atoms with Gasteiger partial charge >= 0.3 is 0 Å². The zero-order valence-corrected chi connectivity index (χ0v) is 12.8. The second-order valence-electron chi connectivity index (χ2n) is 4.47. The van der Waals surface area contributed by atoms with Crippen LogP contribution in [0.3, 0.4) is 0 Å². The summed E-state index contributed by atoms with van der Waals surface area (Å²) in [5.41, 5.74) is 0.850. The number of halogens is 2. The average molecular weight is 328 g/mol. The molecule has 0 unspecified atom stereocenters. The summed E-state index contributed by atoms with van der Waals surface area (Å²) in [6, 6.07) is 14.2. The van der Waals surface area contributed by atoms with Crippen molar-refractivity contribution in [3.8, 4) is 0 Å². The van der Waals surface area contributed by atoms with Crippen molar-refractivity contribution < 1.29 is 12.8 Å². The van der Waals surface area contributed by atoms with Gasteiger partial charge in [-0.15, -0.1) is 11.6 Å². The fraction of sp³-hybridized carbons (Fsp3) is 0.200. The van der Waals surface area contributed by atoms with Gasteiger partial charge in [-0.25, -0.2) is 12.8 Å². The van der Waals surface area contributed by atoms with Crippen LogP contribution in [0.25, 0.3) is 0 Å². The molecule has 6 heteroatoms. The smallest absolute Gasteiger partial charge is 0.207 e. The Balaban J connectivity index is 2.32. The number of benzene rings is 2. The van der Waals surface area contributed by atoms with Crippen molar-refractivity contribution >= 4 is 21.6 Å². The molecule has 0 atom stereocenters. The van der Waals surface area contributed by atoms with Gasteiger partial charge in [0.1, 0.15) is 5.82 Å². The predicted octanol–water partition coefficient (Wildman–Crippen LogP) is 3.26. The van der Waals surface area contributed by atoms with Gasteiger partial charge in [0.25, 0.3) is 0 Å². The van der Waals surface area contributed by atoms with E-state index in [1.807, 2.05) is 30.3 Å². The van der Waals surface area contributed by atoms with E-state index in [1.54, 1.807) is 0 Å².